The Bertz CT molecular complexity index is 1570. The Balaban J connectivity index is 1.38. The largest absolute Gasteiger partial charge is 0.452 e. The predicted molar refractivity (Wildman–Crippen MR) is 145 cm³/mol. The summed E-state index contributed by atoms with van der Waals surface area (Å²) in [4.78, 5) is 38.2. The molecule has 204 valence electrons. The summed E-state index contributed by atoms with van der Waals surface area (Å²) in [5.41, 5.74) is 3.48. The molecule has 3 aromatic heterocycles. The van der Waals surface area contributed by atoms with Gasteiger partial charge in [-0.05, 0) is 38.0 Å². The topological polar surface area (TPSA) is 111 Å². The molecule has 0 saturated carbocycles. The number of hydrogen-bond donors (Lipinski definition) is 1. The summed E-state index contributed by atoms with van der Waals surface area (Å²) in [6, 6.07) is 9.07. The summed E-state index contributed by atoms with van der Waals surface area (Å²) in [6.45, 7) is 4.87. The van der Waals surface area contributed by atoms with Crippen LogP contribution in [0.4, 0.5) is 10.5 Å². The van der Waals surface area contributed by atoms with Gasteiger partial charge in [-0.15, -0.1) is 0 Å². The lowest BCUT2D eigenvalue weighted by atomic mass is 9.96. The lowest BCUT2D eigenvalue weighted by molar-refractivity contribution is -0.0253. The molecule has 2 aliphatic heterocycles. The minimum atomic E-state index is -0.742. The number of aromatic nitrogens is 5. The number of benzene rings is 1. The maximum Gasteiger partial charge on any atom is 0.414 e. The van der Waals surface area contributed by atoms with Crippen LogP contribution in [0.15, 0.2) is 53.7 Å². The summed E-state index contributed by atoms with van der Waals surface area (Å²) >= 11 is 0. The van der Waals surface area contributed by atoms with Crippen LogP contribution in [0.2, 0.25) is 0 Å². The Hall–Kier alpha value is -3.96. The summed E-state index contributed by atoms with van der Waals surface area (Å²) < 4.78 is 10.9. The molecule has 11 nitrogen and oxygen atoms in total. The van der Waals surface area contributed by atoms with Gasteiger partial charge in [0.05, 0.1) is 36.9 Å². The van der Waals surface area contributed by atoms with Crippen LogP contribution in [0.5, 0.6) is 0 Å². The lowest BCUT2D eigenvalue weighted by Gasteiger charge is -2.34. The highest BCUT2D eigenvalue weighted by atomic mass is 16.5. The van der Waals surface area contributed by atoms with Gasteiger partial charge in [-0.25, -0.2) is 14.8 Å². The number of pyridine rings is 1. The van der Waals surface area contributed by atoms with Crippen molar-refractivity contribution in [3.8, 4) is 0 Å². The van der Waals surface area contributed by atoms with Crippen molar-refractivity contribution in [2.24, 2.45) is 0 Å². The maximum absolute atomic E-state index is 12.6. The molecule has 0 fully saturated rings. The Morgan fingerprint density at radius 3 is 2.90 bits per heavy atom. The van der Waals surface area contributed by atoms with Crippen molar-refractivity contribution in [3.63, 3.8) is 0 Å². The number of carbonyl (C=O) groups excluding carboxylic acids is 1. The fraction of sp³-hybridized carbons (Fsp3) is 0.429. The summed E-state index contributed by atoms with van der Waals surface area (Å²) in [5, 5.41) is 11.4. The molecule has 39 heavy (non-hydrogen) atoms. The molecule has 1 unspecified atom stereocenters. The van der Waals surface area contributed by atoms with Crippen molar-refractivity contribution in [1.82, 2.24) is 28.6 Å². The Labute approximate surface area is 225 Å². The smallest absolute Gasteiger partial charge is 0.414 e. The fourth-order valence-electron chi connectivity index (χ4n) is 5.84. The number of hydrogen-bond acceptors (Lipinski definition) is 7. The number of carbonyl (C=O) groups is 1. The lowest BCUT2D eigenvalue weighted by Crippen LogP contribution is -2.43. The van der Waals surface area contributed by atoms with Gasteiger partial charge in [0.1, 0.15) is 17.9 Å². The van der Waals surface area contributed by atoms with Gasteiger partial charge in [0.2, 0.25) is 0 Å². The van der Waals surface area contributed by atoms with E-state index in [4.69, 9.17) is 9.72 Å². The Kier molecular flexibility index (Phi) is 6.69. The molecule has 0 aliphatic carbocycles. The zero-order chi connectivity index (χ0) is 27.1. The number of aliphatic hydroxyl groups excluding tert-OH is 1. The van der Waals surface area contributed by atoms with E-state index < -0.39 is 6.23 Å². The number of nitrogens with zero attached hydrogens (tertiary/aromatic N) is 7. The number of aryl methyl sites for hydroxylation is 3. The Morgan fingerprint density at radius 2 is 2.08 bits per heavy atom. The highest BCUT2D eigenvalue weighted by Crippen LogP contribution is 2.36. The van der Waals surface area contributed by atoms with Gasteiger partial charge in [0.15, 0.2) is 0 Å². The second kappa shape index (κ2) is 10.3. The molecular formula is C28H33N7O4. The van der Waals surface area contributed by atoms with E-state index in [1.54, 1.807) is 34.0 Å². The van der Waals surface area contributed by atoms with Crippen molar-refractivity contribution >= 4 is 22.8 Å². The molecule has 0 spiro atoms. The second-order valence-electron chi connectivity index (χ2n) is 10.3. The van der Waals surface area contributed by atoms with Gasteiger partial charge in [-0.1, -0.05) is 6.07 Å². The minimum absolute atomic E-state index is 0.0161. The third-order valence-corrected chi connectivity index (χ3v) is 7.98. The van der Waals surface area contributed by atoms with Crippen molar-refractivity contribution in [3.05, 3.63) is 76.5 Å². The normalized spacial score (nSPS) is 18.1. The SMILES string of the molecule is COC(=O)N1c2ccc3c(nc(CCn4ccccc4=O)n3CC(O)N3CCn4ccnc4C3)c2CC[C@@H]1C. The fourth-order valence-corrected chi connectivity index (χ4v) is 5.84. The molecule has 0 saturated heterocycles. The standard InChI is InChI=1S/C28H33N7O4/c1-19-6-7-20-21(35(19)28(38)39-2)8-9-22-27(20)30-23(10-13-32-12-4-3-5-25(32)36)34(22)18-26(37)33-16-15-31-14-11-29-24(31)17-33/h3-5,8-9,11-12,14,19,26,37H,6-7,10,13,15-18H2,1-2H3/t19-,26?/m0/s1. The van der Waals surface area contributed by atoms with Crippen molar-refractivity contribution in [2.75, 3.05) is 18.6 Å². The van der Waals surface area contributed by atoms with E-state index in [9.17, 15) is 14.7 Å². The zero-order valence-electron chi connectivity index (χ0n) is 22.2. The molecule has 0 radical (unpaired) electrons. The number of ether oxygens (including phenoxy) is 1. The molecule has 6 rings (SSSR count). The summed E-state index contributed by atoms with van der Waals surface area (Å²) in [7, 11) is 1.40. The van der Waals surface area contributed by atoms with Crippen LogP contribution < -0.4 is 10.5 Å². The zero-order valence-corrected chi connectivity index (χ0v) is 22.2. The van der Waals surface area contributed by atoms with Gasteiger partial charge in [0.25, 0.3) is 5.56 Å². The number of anilines is 1. The van der Waals surface area contributed by atoms with Crippen LogP contribution >= 0.6 is 0 Å². The third kappa shape index (κ3) is 4.61. The highest BCUT2D eigenvalue weighted by molar-refractivity contribution is 5.95. The van der Waals surface area contributed by atoms with Gasteiger partial charge in [0, 0.05) is 62.3 Å². The van der Waals surface area contributed by atoms with E-state index in [1.165, 1.54) is 7.11 Å². The minimum Gasteiger partial charge on any atom is -0.452 e. The van der Waals surface area contributed by atoms with E-state index in [0.29, 0.717) is 32.6 Å². The number of aliphatic hydroxyl groups is 1. The molecule has 1 aromatic carbocycles. The van der Waals surface area contributed by atoms with Crippen molar-refractivity contribution < 1.29 is 14.6 Å². The molecule has 4 aromatic rings. The van der Waals surface area contributed by atoms with E-state index >= 15 is 0 Å². The monoisotopic (exact) mass is 531 g/mol. The Morgan fingerprint density at radius 1 is 1.21 bits per heavy atom. The van der Waals surface area contributed by atoms with Crippen LogP contribution in [0.3, 0.4) is 0 Å². The van der Waals surface area contributed by atoms with Gasteiger partial charge in [-0.3, -0.25) is 14.6 Å². The van der Waals surface area contributed by atoms with Crippen LogP contribution in [0.25, 0.3) is 11.0 Å². The third-order valence-electron chi connectivity index (χ3n) is 7.98. The van der Waals surface area contributed by atoms with Gasteiger partial charge in [-0.2, -0.15) is 0 Å². The first-order valence-electron chi connectivity index (χ1n) is 13.4. The average molecular weight is 532 g/mol. The molecule has 1 N–H and O–H groups in total. The van der Waals surface area contributed by atoms with Crippen LogP contribution in [0, 0.1) is 0 Å². The van der Waals surface area contributed by atoms with Crippen LogP contribution in [-0.2, 0) is 43.8 Å². The van der Waals surface area contributed by atoms with E-state index in [0.717, 1.165) is 53.3 Å². The maximum atomic E-state index is 12.6. The summed E-state index contributed by atoms with van der Waals surface area (Å²) in [5.74, 6) is 1.72. The van der Waals surface area contributed by atoms with E-state index in [-0.39, 0.29) is 17.7 Å². The molecule has 5 heterocycles. The summed E-state index contributed by atoms with van der Waals surface area (Å²) in [6.07, 6.45) is 6.50. The molecule has 11 heteroatoms. The van der Waals surface area contributed by atoms with E-state index in [2.05, 4.69) is 14.1 Å². The molecule has 2 aliphatic rings. The van der Waals surface area contributed by atoms with Gasteiger partial charge >= 0.3 is 6.09 Å². The molecule has 0 bridgehead atoms. The quantitative estimate of drug-likeness (QED) is 0.407. The van der Waals surface area contributed by atoms with Crippen LogP contribution in [-0.4, -0.2) is 65.7 Å². The average Bonchev–Trinajstić information content (AvgIpc) is 3.56. The first kappa shape index (κ1) is 25.3. The van der Waals surface area contributed by atoms with Crippen LogP contribution in [0.1, 0.15) is 30.6 Å². The first-order chi connectivity index (χ1) is 18.9. The number of amides is 1. The molecular weight excluding hydrogens is 498 g/mol. The number of imidazole rings is 2. The van der Waals surface area contributed by atoms with Crippen molar-refractivity contribution in [2.45, 2.75) is 64.6 Å². The van der Waals surface area contributed by atoms with Crippen molar-refractivity contribution in [1.29, 1.82) is 0 Å². The predicted octanol–water partition coefficient (Wildman–Crippen LogP) is 2.38. The van der Waals surface area contributed by atoms with E-state index in [1.807, 2.05) is 36.2 Å². The number of fused-ring (bicyclic) bond motifs is 4. The number of methoxy groups -OCH3 is 1. The molecule has 2 atom stereocenters. The molecule has 1 amide bonds. The first-order valence-corrected chi connectivity index (χ1v) is 13.4. The van der Waals surface area contributed by atoms with Gasteiger partial charge < -0.3 is 23.5 Å². The second-order valence-corrected chi connectivity index (χ2v) is 10.3. The highest BCUT2D eigenvalue weighted by Gasteiger charge is 2.32. The number of rotatable bonds is 6.